The molecule has 3 aromatic rings. The van der Waals surface area contributed by atoms with Gasteiger partial charge in [-0.25, -0.2) is 9.50 Å². The van der Waals surface area contributed by atoms with Gasteiger partial charge in [-0.3, -0.25) is 0 Å². The number of nitrogens with zero attached hydrogens (tertiary/aromatic N) is 3. The summed E-state index contributed by atoms with van der Waals surface area (Å²) in [5.74, 6) is 0. The highest BCUT2D eigenvalue weighted by Crippen LogP contribution is 2.25. The second kappa shape index (κ2) is 5.13. The first kappa shape index (κ1) is 12.9. The largest absolute Gasteiger partial charge is 0.379 e. The van der Waals surface area contributed by atoms with Crippen molar-refractivity contribution < 1.29 is 0 Å². The van der Waals surface area contributed by atoms with Crippen molar-refractivity contribution in [3.8, 4) is 0 Å². The van der Waals surface area contributed by atoms with E-state index in [-0.39, 0.29) is 0 Å². The molecule has 0 spiro atoms. The van der Waals surface area contributed by atoms with Crippen molar-refractivity contribution in [3.05, 3.63) is 58.5 Å². The van der Waals surface area contributed by atoms with Crippen LogP contribution in [-0.4, -0.2) is 14.6 Å². The number of anilines is 1. The summed E-state index contributed by atoms with van der Waals surface area (Å²) in [4.78, 5) is 4.39. The van der Waals surface area contributed by atoms with Crippen LogP contribution in [0.3, 0.4) is 0 Å². The molecule has 1 N–H and O–H groups in total. The van der Waals surface area contributed by atoms with Gasteiger partial charge in [-0.15, -0.1) is 0 Å². The Morgan fingerprint density at radius 1 is 1.30 bits per heavy atom. The van der Waals surface area contributed by atoms with Crippen LogP contribution in [0.4, 0.5) is 5.69 Å². The number of para-hydroxylation sites is 1. The molecule has 2 heterocycles. The zero-order chi connectivity index (χ0) is 14.1. The maximum Gasteiger partial charge on any atom is 0.155 e. The Bertz CT molecular complexity index is 743. The Morgan fingerprint density at radius 2 is 2.15 bits per heavy atom. The van der Waals surface area contributed by atoms with E-state index in [9.17, 15) is 0 Å². The number of benzene rings is 1. The van der Waals surface area contributed by atoms with E-state index in [1.165, 1.54) is 0 Å². The zero-order valence-electron chi connectivity index (χ0n) is 11.4. The predicted molar refractivity (Wildman–Crippen MR) is 81.2 cm³/mol. The van der Waals surface area contributed by atoms with Gasteiger partial charge in [0.1, 0.15) is 0 Å². The topological polar surface area (TPSA) is 42.2 Å². The van der Waals surface area contributed by atoms with Gasteiger partial charge in [-0.05, 0) is 25.5 Å². The number of hydrogen-bond donors (Lipinski definition) is 1. The van der Waals surface area contributed by atoms with Crippen LogP contribution in [0.15, 0.2) is 36.7 Å². The molecule has 0 saturated heterocycles. The molecule has 5 heteroatoms. The first-order chi connectivity index (χ1) is 9.63. The molecule has 0 aliphatic carbocycles. The van der Waals surface area contributed by atoms with Crippen molar-refractivity contribution in [2.24, 2.45) is 0 Å². The summed E-state index contributed by atoms with van der Waals surface area (Å²) in [6.07, 6.45) is 3.84. The molecular weight excluding hydrogens is 272 g/mol. The molecule has 0 unspecified atom stereocenters. The average Bonchev–Trinajstić information content (AvgIpc) is 2.77. The van der Waals surface area contributed by atoms with Gasteiger partial charge in [0, 0.05) is 30.6 Å². The first-order valence-corrected chi connectivity index (χ1v) is 6.81. The SMILES string of the molecule is Cc1cc2ncc(CNc3c(C)cccc3Cl)cn2n1. The summed E-state index contributed by atoms with van der Waals surface area (Å²) in [6, 6.07) is 7.82. The Balaban J connectivity index is 1.83. The van der Waals surface area contributed by atoms with Crippen molar-refractivity contribution in [3.63, 3.8) is 0 Å². The third-order valence-electron chi connectivity index (χ3n) is 3.18. The Labute approximate surface area is 122 Å². The predicted octanol–water partition coefficient (Wildman–Crippen LogP) is 3.61. The van der Waals surface area contributed by atoms with Crippen LogP contribution in [0.1, 0.15) is 16.8 Å². The van der Waals surface area contributed by atoms with E-state index in [0.29, 0.717) is 6.54 Å². The summed E-state index contributed by atoms with van der Waals surface area (Å²) >= 11 is 6.20. The summed E-state index contributed by atoms with van der Waals surface area (Å²) in [7, 11) is 0. The van der Waals surface area contributed by atoms with Gasteiger partial charge in [0.15, 0.2) is 5.65 Å². The molecule has 102 valence electrons. The second-order valence-electron chi connectivity index (χ2n) is 4.84. The highest BCUT2D eigenvalue weighted by atomic mass is 35.5. The molecule has 3 rings (SSSR count). The number of aromatic nitrogens is 3. The van der Waals surface area contributed by atoms with Gasteiger partial charge in [0.2, 0.25) is 0 Å². The number of fused-ring (bicyclic) bond motifs is 1. The van der Waals surface area contributed by atoms with Gasteiger partial charge >= 0.3 is 0 Å². The van der Waals surface area contributed by atoms with Crippen molar-refractivity contribution in [2.75, 3.05) is 5.32 Å². The standard InChI is InChI=1S/C15H15ClN4/c1-10-4-3-5-13(16)15(10)18-8-12-7-17-14-6-11(2)19-20(14)9-12/h3-7,9,18H,8H2,1-2H3. The van der Waals surface area contributed by atoms with Gasteiger partial charge in [-0.2, -0.15) is 5.10 Å². The van der Waals surface area contributed by atoms with Gasteiger partial charge < -0.3 is 5.32 Å². The van der Waals surface area contributed by atoms with Crippen molar-refractivity contribution in [1.82, 2.24) is 14.6 Å². The fourth-order valence-electron chi connectivity index (χ4n) is 2.17. The van der Waals surface area contributed by atoms with E-state index in [4.69, 9.17) is 11.6 Å². The first-order valence-electron chi connectivity index (χ1n) is 6.43. The summed E-state index contributed by atoms with van der Waals surface area (Å²) in [6.45, 7) is 4.65. The average molecular weight is 287 g/mol. The van der Waals surface area contributed by atoms with E-state index >= 15 is 0 Å². The van der Waals surface area contributed by atoms with E-state index in [1.54, 1.807) is 4.52 Å². The zero-order valence-corrected chi connectivity index (χ0v) is 12.1. The Morgan fingerprint density at radius 3 is 2.95 bits per heavy atom. The normalized spacial score (nSPS) is 10.9. The van der Waals surface area contributed by atoms with E-state index in [0.717, 1.165) is 33.2 Å². The quantitative estimate of drug-likeness (QED) is 0.800. The number of nitrogens with one attached hydrogen (secondary N) is 1. The van der Waals surface area contributed by atoms with Crippen LogP contribution in [0.5, 0.6) is 0 Å². The van der Waals surface area contributed by atoms with E-state index in [1.807, 2.05) is 50.5 Å². The molecule has 0 aliphatic rings. The summed E-state index contributed by atoms with van der Waals surface area (Å²) in [5.41, 5.74) is 4.97. The van der Waals surface area contributed by atoms with E-state index < -0.39 is 0 Å². The lowest BCUT2D eigenvalue weighted by molar-refractivity contribution is 0.895. The number of halogens is 1. The van der Waals surface area contributed by atoms with E-state index in [2.05, 4.69) is 15.4 Å². The van der Waals surface area contributed by atoms with Gasteiger partial charge in [0.25, 0.3) is 0 Å². The molecule has 0 bridgehead atoms. The molecule has 0 amide bonds. The fourth-order valence-corrected chi connectivity index (χ4v) is 2.46. The Kier molecular flexibility index (Phi) is 3.32. The smallest absolute Gasteiger partial charge is 0.155 e. The van der Waals surface area contributed by atoms with Crippen LogP contribution in [0.2, 0.25) is 5.02 Å². The second-order valence-corrected chi connectivity index (χ2v) is 5.24. The number of aryl methyl sites for hydroxylation is 2. The molecule has 0 radical (unpaired) electrons. The van der Waals surface area contributed by atoms with Crippen molar-refractivity contribution in [1.29, 1.82) is 0 Å². The molecule has 0 aliphatic heterocycles. The third-order valence-corrected chi connectivity index (χ3v) is 3.50. The lowest BCUT2D eigenvalue weighted by Gasteiger charge is -2.11. The Hall–Kier alpha value is -2.07. The molecule has 0 atom stereocenters. The molecule has 0 saturated carbocycles. The summed E-state index contributed by atoms with van der Waals surface area (Å²) in [5, 5.41) is 8.45. The molecule has 2 aromatic heterocycles. The van der Waals surface area contributed by atoms with Crippen LogP contribution < -0.4 is 5.32 Å². The minimum absolute atomic E-state index is 0.659. The number of hydrogen-bond acceptors (Lipinski definition) is 3. The molecule has 0 fully saturated rings. The third kappa shape index (κ3) is 2.47. The monoisotopic (exact) mass is 286 g/mol. The molecule has 1 aromatic carbocycles. The molecular formula is C15H15ClN4. The van der Waals surface area contributed by atoms with Crippen LogP contribution in [0.25, 0.3) is 5.65 Å². The molecule has 20 heavy (non-hydrogen) atoms. The van der Waals surface area contributed by atoms with Crippen LogP contribution in [-0.2, 0) is 6.54 Å². The van der Waals surface area contributed by atoms with Crippen molar-refractivity contribution >= 4 is 22.9 Å². The van der Waals surface area contributed by atoms with Gasteiger partial charge in [0.05, 0.1) is 16.4 Å². The van der Waals surface area contributed by atoms with Gasteiger partial charge in [-0.1, -0.05) is 23.7 Å². The van der Waals surface area contributed by atoms with Crippen molar-refractivity contribution in [2.45, 2.75) is 20.4 Å². The highest BCUT2D eigenvalue weighted by molar-refractivity contribution is 6.33. The lowest BCUT2D eigenvalue weighted by Crippen LogP contribution is -2.04. The minimum Gasteiger partial charge on any atom is -0.379 e. The van der Waals surface area contributed by atoms with Crippen LogP contribution in [0, 0.1) is 13.8 Å². The van der Waals surface area contributed by atoms with Crippen LogP contribution >= 0.6 is 11.6 Å². The fraction of sp³-hybridized carbons (Fsp3) is 0.200. The highest BCUT2D eigenvalue weighted by Gasteiger charge is 2.04. The maximum atomic E-state index is 6.20. The molecule has 4 nitrogen and oxygen atoms in total. The lowest BCUT2D eigenvalue weighted by atomic mass is 10.2. The minimum atomic E-state index is 0.659. The maximum absolute atomic E-state index is 6.20. The summed E-state index contributed by atoms with van der Waals surface area (Å²) < 4.78 is 1.80. The number of rotatable bonds is 3.